The molecule has 0 aromatic heterocycles. The normalized spacial score (nSPS) is 40.0. The van der Waals surface area contributed by atoms with Crippen LogP contribution in [0.15, 0.2) is 41.5 Å². The molecule has 3 N–H and O–H groups in total. The quantitative estimate of drug-likeness (QED) is 0.460. The second-order valence-corrected chi connectivity index (χ2v) is 12.0. The number of rotatable bonds is 3. The summed E-state index contributed by atoms with van der Waals surface area (Å²) >= 11 is 0. The molecule has 0 radical (unpaired) electrons. The highest BCUT2D eigenvalue weighted by molar-refractivity contribution is 6.02. The molecular weight excluding hydrogens is 524 g/mol. The third-order valence-electron chi connectivity index (χ3n) is 9.87. The first kappa shape index (κ1) is 28.4. The number of carbonyl (C=O) groups excluding carboxylic acids is 4. The van der Waals surface area contributed by atoms with Crippen LogP contribution in [0.25, 0.3) is 0 Å². The molecule has 0 amide bonds. The summed E-state index contributed by atoms with van der Waals surface area (Å²) in [6.07, 6.45) is -7.77. The number of ether oxygens (including phenoxy) is 4. The van der Waals surface area contributed by atoms with Gasteiger partial charge in [0, 0.05) is 18.3 Å². The van der Waals surface area contributed by atoms with Gasteiger partial charge in [-0.3, -0.25) is 9.59 Å². The van der Waals surface area contributed by atoms with Crippen LogP contribution in [0.1, 0.15) is 50.9 Å². The molecule has 2 bridgehead atoms. The number of aliphatic hydroxyl groups excluding tert-OH is 2. The van der Waals surface area contributed by atoms with Crippen LogP contribution in [0.4, 0.5) is 4.79 Å². The van der Waals surface area contributed by atoms with E-state index in [2.05, 4.69) is 0 Å². The highest BCUT2D eigenvalue weighted by Crippen LogP contribution is 2.63. The monoisotopic (exact) mass is 558 g/mol. The number of Topliss-reactive ketones (excluding diaryl/α,β-unsaturated/α-hetero) is 2. The topological polar surface area (TPSA) is 166 Å². The predicted octanol–water partition coefficient (Wildman–Crippen LogP) is 1.51. The highest BCUT2D eigenvalue weighted by atomic mass is 16.8. The van der Waals surface area contributed by atoms with Crippen molar-refractivity contribution < 1.29 is 53.4 Å². The average Bonchev–Trinajstić information content (AvgIpc) is 2.91. The number of fused-ring (bicyclic) bond motifs is 5. The van der Waals surface area contributed by atoms with Crippen molar-refractivity contribution in [3.8, 4) is 0 Å². The Balaban J connectivity index is 1.81. The number of carbonyl (C=O) groups is 4. The molecule has 1 saturated heterocycles. The highest BCUT2D eigenvalue weighted by Gasteiger charge is 2.78. The summed E-state index contributed by atoms with van der Waals surface area (Å²) in [6.45, 7) is 5.71. The lowest BCUT2D eigenvalue weighted by Crippen LogP contribution is -2.81. The van der Waals surface area contributed by atoms with Gasteiger partial charge in [-0.15, -0.1) is 0 Å². The van der Waals surface area contributed by atoms with Crippen molar-refractivity contribution in [3.63, 3.8) is 0 Å². The Labute approximate surface area is 231 Å². The molecule has 3 fully saturated rings. The van der Waals surface area contributed by atoms with Gasteiger partial charge in [-0.1, -0.05) is 32.0 Å². The van der Waals surface area contributed by atoms with Crippen LogP contribution in [0.2, 0.25) is 0 Å². The molecule has 1 aromatic carbocycles. The van der Waals surface area contributed by atoms with Crippen LogP contribution >= 0.6 is 0 Å². The molecule has 8 atom stereocenters. The molecule has 2 saturated carbocycles. The van der Waals surface area contributed by atoms with Gasteiger partial charge in [0.25, 0.3) is 0 Å². The van der Waals surface area contributed by atoms with Crippen LogP contribution < -0.4 is 0 Å². The van der Waals surface area contributed by atoms with Crippen LogP contribution in [-0.4, -0.2) is 88.3 Å². The van der Waals surface area contributed by atoms with Crippen molar-refractivity contribution in [2.75, 3.05) is 13.7 Å². The molecular formula is C29H34O11. The van der Waals surface area contributed by atoms with E-state index in [4.69, 9.17) is 18.9 Å². The smallest absolute Gasteiger partial charge is 0.455 e. The number of ketones is 2. The van der Waals surface area contributed by atoms with Gasteiger partial charge < -0.3 is 34.3 Å². The maximum Gasteiger partial charge on any atom is 0.508 e. The van der Waals surface area contributed by atoms with Gasteiger partial charge >= 0.3 is 12.1 Å². The van der Waals surface area contributed by atoms with E-state index < -0.39 is 82.5 Å². The van der Waals surface area contributed by atoms with E-state index in [9.17, 15) is 34.5 Å². The lowest BCUT2D eigenvalue weighted by Gasteiger charge is -2.66. The number of hydrogen-bond donors (Lipinski definition) is 3. The van der Waals surface area contributed by atoms with Crippen LogP contribution in [0.3, 0.4) is 0 Å². The maximum atomic E-state index is 14.3. The fourth-order valence-electron chi connectivity index (χ4n) is 7.41. The Morgan fingerprint density at radius 2 is 1.73 bits per heavy atom. The van der Waals surface area contributed by atoms with Gasteiger partial charge in [0.2, 0.25) is 0 Å². The Bertz CT molecular complexity index is 1300. The fraction of sp³-hybridized carbons (Fsp3) is 0.586. The minimum Gasteiger partial charge on any atom is -0.455 e. The fourth-order valence-corrected chi connectivity index (χ4v) is 7.41. The van der Waals surface area contributed by atoms with Crippen LogP contribution in [-0.2, 0) is 28.5 Å². The van der Waals surface area contributed by atoms with Gasteiger partial charge in [0.1, 0.15) is 23.9 Å². The van der Waals surface area contributed by atoms with Gasteiger partial charge in [-0.2, -0.15) is 0 Å². The SMILES string of the molecule is COC(=O)O[C@@]12CO[C@@H]1C[C@H](O)[C@@]1(C)C(=O)[C@H](O)C3=C(C)C(=O)C[C@@](O)([C@@H](OC(=O)c4ccccc4)C12)C3(C)C. The van der Waals surface area contributed by atoms with Crippen molar-refractivity contribution >= 4 is 23.7 Å². The molecule has 1 aromatic rings. The number of benzene rings is 1. The summed E-state index contributed by atoms with van der Waals surface area (Å²) in [6, 6.07) is 7.94. The van der Waals surface area contributed by atoms with Crippen molar-refractivity contribution in [2.45, 2.75) is 76.2 Å². The van der Waals surface area contributed by atoms with E-state index in [1.165, 1.54) is 26.0 Å². The molecule has 1 aliphatic heterocycles. The molecule has 1 heterocycles. The molecule has 11 heteroatoms. The zero-order valence-electron chi connectivity index (χ0n) is 23.0. The third-order valence-corrected chi connectivity index (χ3v) is 9.87. The second-order valence-electron chi connectivity index (χ2n) is 12.0. The summed E-state index contributed by atoms with van der Waals surface area (Å²) in [5, 5.41) is 35.6. The van der Waals surface area contributed by atoms with E-state index in [0.717, 1.165) is 7.11 Å². The van der Waals surface area contributed by atoms with Crippen molar-refractivity contribution in [1.82, 2.24) is 0 Å². The van der Waals surface area contributed by atoms with Crippen molar-refractivity contribution in [1.29, 1.82) is 0 Å². The lowest BCUT2D eigenvalue weighted by atomic mass is 9.45. The van der Waals surface area contributed by atoms with E-state index >= 15 is 0 Å². The first-order valence-corrected chi connectivity index (χ1v) is 13.2. The Morgan fingerprint density at radius 1 is 1.07 bits per heavy atom. The molecule has 40 heavy (non-hydrogen) atoms. The maximum absolute atomic E-state index is 14.3. The summed E-state index contributed by atoms with van der Waals surface area (Å²) < 4.78 is 22.3. The number of methoxy groups -OCH3 is 1. The second kappa shape index (κ2) is 9.20. The minimum atomic E-state index is -2.21. The molecule has 5 rings (SSSR count). The number of aliphatic hydroxyl groups is 3. The molecule has 1 unspecified atom stereocenters. The third kappa shape index (κ3) is 3.57. The summed E-state index contributed by atoms with van der Waals surface area (Å²) in [7, 11) is 1.10. The zero-order chi connectivity index (χ0) is 29.4. The molecule has 0 spiro atoms. The first-order valence-electron chi connectivity index (χ1n) is 13.2. The van der Waals surface area contributed by atoms with Gasteiger partial charge in [-0.05, 0) is 37.1 Å². The Hall–Kier alpha value is -3.12. The van der Waals surface area contributed by atoms with Crippen molar-refractivity contribution in [3.05, 3.63) is 47.0 Å². The lowest BCUT2D eigenvalue weighted by molar-refractivity contribution is -0.342. The van der Waals surface area contributed by atoms with Crippen LogP contribution in [0.5, 0.6) is 0 Å². The number of allylic oxidation sites excluding steroid dienone is 1. The molecule has 216 valence electrons. The van der Waals surface area contributed by atoms with E-state index in [0.29, 0.717) is 0 Å². The number of hydrogen-bond acceptors (Lipinski definition) is 11. The molecule has 4 aliphatic rings. The Kier molecular flexibility index (Phi) is 6.53. The average molecular weight is 559 g/mol. The first-order chi connectivity index (χ1) is 18.7. The van der Waals surface area contributed by atoms with Gasteiger partial charge in [0.15, 0.2) is 17.2 Å². The van der Waals surface area contributed by atoms with Crippen LogP contribution in [0, 0.1) is 16.7 Å². The predicted molar refractivity (Wildman–Crippen MR) is 136 cm³/mol. The summed E-state index contributed by atoms with van der Waals surface area (Å²) in [5.74, 6) is -3.72. The summed E-state index contributed by atoms with van der Waals surface area (Å²) in [5.41, 5.74) is -7.10. The van der Waals surface area contributed by atoms with E-state index in [-0.39, 0.29) is 29.7 Å². The summed E-state index contributed by atoms with van der Waals surface area (Å²) in [4.78, 5) is 53.8. The standard InChI is InChI=1S/C29H34O11/c1-14-16(30)12-29(36)23(39-24(34)15-9-7-6-8-10-15)21-27(4,22(33)20(32)19(14)26(29,2)3)17(31)11-18-28(21,13-38-18)40-25(35)37-5/h6-10,17-18,20-21,23,31-32,36H,11-13H2,1-5H3/t17-,18+,20+,21?,23-,27+,28-,29+/m0/s1. The zero-order valence-corrected chi connectivity index (χ0v) is 23.0. The Morgan fingerprint density at radius 3 is 2.30 bits per heavy atom. The van der Waals surface area contributed by atoms with Crippen molar-refractivity contribution in [2.24, 2.45) is 16.7 Å². The molecule has 11 nitrogen and oxygen atoms in total. The minimum absolute atomic E-state index is 0.0150. The largest absolute Gasteiger partial charge is 0.508 e. The van der Waals surface area contributed by atoms with Gasteiger partial charge in [0.05, 0.1) is 36.7 Å². The number of esters is 1. The van der Waals surface area contributed by atoms with E-state index in [1.54, 1.807) is 32.0 Å². The van der Waals surface area contributed by atoms with Gasteiger partial charge in [-0.25, -0.2) is 9.59 Å². The molecule has 3 aliphatic carbocycles. The van der Waals surface area contributed by atoms with E-state index in [1.807, 2.05) is 0 Å².